The molecule has 7 heteroatoms. The number of aromatic nitrogens is 2. The van der Waals surface area contributed by atoms with E-state index in [1.54, 1.807) is 0 Å². The number of hydrogen-bond donors (Lipinski definition) is 0. The van der Waals surface area contributed by atoms with Gasteiger partial charge in [-0.05, 0) is 13.8 Å². The molecule has 0 saturated heterocycles. The van der Waals surface area contributed by atoms with Crippen molar-refractivity contribution in [1.82, 2.24) is 4.57 Å². The highest BCUT2D eigenvalue weighted by Gasteiger charge is 1.95. The molecule has 1 heterocycles. The summed E-state index contributed by atoms with van der Waals surface area (Å²) in [4.78, 5) is 0. The molecule has 0 N–H and O–H groups in total. The smallest absolute Gasteiger partial charge is 0.243 e. The Morgan fingerprint density at radius 3 is 2.20 bits per heavy atom. The number of imidazole rings is 1. The number of aryl methyl sites for hydroxylation is 2. The lowest BCUT2D eigenvalue weighted by atomic mass is 10.7. The minimum Gasteiger partial charge on any atom is -0.726 e. The second-order valence-electron chi connectivity index (χ2n) is 2.65. The molecule has 0 bridgehead atoms. The Labute approximate surface area is 90.1 Å². The maximum atomic E-state index is 9.22. The lowest BCUT2D eigenvalue weighted by Gasteiger charge is -1.98. The Bertz CT molecular complexity index is 353. The van der Waals surface area contributed by atoms with Crippen LogP contribution in [0, 0.1) is 0 Å². The van der Waals surface area contributed by atoms with Gasteiger partial charge in [0.1, 0.15) is 12.4 Å². The second-order valence-corrected chi connectivity index (χ2v) is 3.80. The molecule has 0 amide bonds. The van der Waals surface area contributed by atoms with Crippen molar-refractivity contribution in [3.63, 3.8) is 0 Å². The zero-order valence-corrected chi connectivity index (χ0v) is 9.90. The van der Waals surface area contributed by atoms with Crippen molar-refractivity contribution in [2.75, 3.05) is 7.11 Å². The molecular formula is C8H16N2O4S. The van der Waals surface area contributed by atoms with Gasteiger partial charge in [0.05, 0.1) is 20.2 Å². The molecule has 88 valence electrons. The van der Waals surface area contributed by atoms with Gasteiger partial charge in [-0.1, -0.05) is 0 Å². The van der Waals surface area contributed by atoms with E-state index in [0.717, 1.165) is 20.2 Å². The first-order valence-electron chi connectivity index (χ1n) is 4.49. The molecule has 0 spiro atoms. The van der Waals surface area contributed by atoms with Crippen LogP contribution in [0.3, 0.4) is 0 Å². The summed E-state index contributed by atoms with van der Waals surface area (Å²) >= 11 is 0. The molecular weight excluding hydrogens is 220 g/mol. The molecule has 0 unspecified atom stereocenters. The summed E-state index contributed by atoms with van der Waals surface area (Å²) < 4.78 is 35.3. The van der Waals surface area contributed by atoms with E-state index in [1.165, 1.54) is 0 Å². The molecule has 0 saturated carbocycles. The molecule has 1 aromatic heterocycles. The van der Waals surface area contributed by atoms with Gasteiger partial charge in [-0.3, -0.25) is 4.18 Å². The maximum Gasteiger partial charge on any atom is 0.243 e. The average Bonchev–Trinajstić information content (AvgIpc) is 2.65. The van der Waals surface area contributed by atoms with Crippen LogP contribution in [0.2, 0.25) is 0 Å². The minimum absolute atomic E-state index is 0.808. The van der Waals surface area contributed by atoms with Crippen LogP contribution in [-0.2, 0) is 27.7 Å². The quantitative estimate of drug-likeness (QED) is 0.417. The molecule has 0 aliphatic carbocycles. The lowest BCUT2D eigenvalue weighted by Crippen LogP contribution is -2.28. The van der Waals surface area contributed by atoms with Crippen molar-refractivity contribution < 1.29 is 21.7 Å². The van der Waals surface area contributed by atoms with Crippen molar-refractivity contribution in [1.29, 1.82) is 0 Å². The van der Waals surface area contributed by atoms with Gasteiger partial charge in [-0.25, -0.2) is 17.6 Å². The topological polar surface area (TPSA) is 75.2 Å². The average molecular weight is 236 g/mol. The maximum absolute atomic E-state index is 9.22. The summed E-state index contributed by atoms with van der Waals surface area (Å²) in [6.07, 6.45) is 6.28. The Morgan fingerprint density at radius 2 is 2.00 bits per heavy atom. The SMILES string of the molecule is CCn1cc[n+](CC)c1.COS(=O)(=O)[O-]. The molecule has 0 fully saturated rings. The van der Waals surface area contributed by atoms with Crippen LogP contribution in [0.4, 0.5) is 0 Å². The van der Waals surface area contributed by atoms with E-state index in [-0.39, 0.29) is 0 Å². The number of nitrogens with zero attached hydrogens (tertiary/aromatic N) is 2. The Balaban J connectivity index is 0.000000288. The summed E-state index contributed by atoms with van der Waals surface area (Å²) in [6, 6.07) is 0. The first-order chi connectivity index (χ1) is 6.92. The molecule has 0 aliphatic heterocycles. The van der Waals surface area contributed by atoms with Gasteiger partial charge in [0.2, 0.25) is 16.7 Å². The van der Waals surface area contributed by atoms with E-state index >= 15 is 0 Å². The van der Waals surface area contributed by atoms with Gasteiger partial charge < -0.3 is 4.55 Å². The van der Waals surface area contributed by atoms with Crippen molar-refractivity contribution in [2.45, 2.75) is 26.9 Å². The molecule has 6 nitrogen and oxygen atoms in total. The molecule has 1 rings (SSSR count). The van der Waals surface area contributed by atoms with E-state index in [1.807, 2.05) is 0 Å². The first-order valence-corrected chi connectivity index (χ1v) is 5.82. The highest BCUT2D eigenvalue weighted by Crippen LogP contribution is 1.81. The highest BCUT2D eigenvalue weighted by atomic mass is 32.3. The number of hydrogen-bond acceptors (Lipinski definition) is 4. The summed E-state index contributed by atoms with van der Waals surface area (Å²) in [6.45, 7) is 6.40. The summed E-state index contributed by atoms with van der Waals surface area (Å²) in [5.41, 5.74) is 0. The number of rotatable bonds is 3. The van der Waals surface area contributed by atoms with E-state index < -0.39 is 10.4 Å². The predicted molar refractivity (Wildman–Crippen MR) is 52.7 cm³/mol. The van der Waals surface area contributed by atoms with Crippen molar-refractivity contribution in [2.24, 2.45) is 0 Å². The van der Waals surface area contributed by atoms with Gasteiger partial charge in [0.25, 0.3) is 0 Å². The van der Waals surface area contributed by atoms with Gasteiger partial charge in [-0.2, -0.15) is 0 Å². The Hall–Kier alpha value is -0.920. The molecule has 0 aromatic carbocycles. The van der Waals surface area contributed by atoms with E-state index in [0.29, 0.717) is 0 Å². The zero-order chi connectivity index (χ0) is 11.9. The van der Waals surface area contributed by atoms with Crippen molar-refractivity contribution in [3.05, 3.63) is 18.7 Å². The third-order valence-corrected chi connectivity index (χ3v) is 2.09. The van der Waals surface area contributed by atoms with Crippen molar-refractivity contribution >= 4 is 10.4 Å². The molecule has 1 aromatic rings. The summed E-state index contributed by atoms with van der Waals surface area (Å²) in [5, 5.41) is 0. The van der Waals surface area contributed by atoms with Crippen LogP contribution in [0.25, 0.3) is 0 Å². The van der Waals surface area contributed by atoms with Gasteiger partial charge >= 0.3 is 0 Å². The fourth-order valence-corrected chi connectivity index (χ4v) is 0.813. The van der Waals surface area contributed by atoms with Gasteiger partial charge in [0.15, 0.2) is 0 Å². The molecule has 0 aliphatic rings. The summed E-state index contributed by atoms with van der Waals surface area (Å²) in [7, 11) is -3.60. The van der Waals surface area contributed by atoms with Crippen LogP contribution in [0.15, 0.2) is 18.7 Å². The zero-order valence-electron chi connectivity index (χ0n) is 9.08. The predicted octanol–water partition coefficient (Wildman–Crippen LogP) is -0.0916. The van der Waals surface area contributed by atoms with Gasteiger partial charge in [-0.15, -0.1) is 0 Å². The van der Waals surface area contributed by atoms with Crippen LogP contribution in [0.1, 0.15) is 13.8 Å². The van der Waals surface area contributed by atoms with Gasteiger partial charge in [0, 0.05) is 0 Å². The molecule has 15 heavy (non-hydrogen) atoms. The van der Waals surface area contributed by atoms with Crippen LogP contribution >= 0.6 is 0 Å². The molecule has 0 atom stereocenters. The van der Waals surface area contributed by atoms with E-state index in [4.69, 9.17) is 0 Å². The Morgan fingerprint density at radius 1 is 1.47 bits per heavy atom. The van der Waals surface area contributed by atoms with Crippen LogP contribution in [-0.4, -0.2) is 24.6 Å². The Kier molecular flexibility index (Phi) is 6.14. The lowest BCUT2D eigenvalue weighted by molar-refractivity contribution is -0.693. The fourth-order valence-electron chi connectivity index (χ4n) is 0.813. The largest absolute Gasteiger partial charge is 0.726 e. The highest BCUT2D eigenvalue weighted by molar-refractivity contribution is 7.80. The van der Waals surface area contributed by atoms with E-state index in [9.17, 15) is 13.0 Å². The second kappa shape index (κ2) is 6.54. The van der Waals surface area contributed by atoms with Crippen molar-refractivity contribution in [3.8, 4) is 0 Å². The van der Waals surface area contributed by atoms with E-state index in [2.05, 4.69) is 45.9 Å². The van der Waals surface area contributed by atoms with Crippen LogP contribution < -0.4 is 4.57 Å². The first kappa shape index (κ1) is 14.1. The normalized spacial score (nSPS) is 10.7. The fraction of sp³-hybridized carbons (Fsp3) is 0.625. The minimum atomic E-state index is -4.41. The van der Waals surface area contributed by atoms with Crippen LogP contribution in [0.5, 0.6) is 0 Å². The standard InChI is InChI=1S/C7H13N2.CH4O4S/c1-3-8-5-6-9(4-2)7-8;1-5-6(2,3)4/h5-7H,3-4H2,1-2H3;1H3,(H,2,3,4)/q+1;/p-1. The third-order valence-electron chi connectivity index (χ3n) is 1.68. The monoisotopic (exact) mass is 236 g/mol. The third kappa shape index (κ3) is 7.06. The molecule has 0 radical (unpaired) electrons. The summed E-state index contributed by atoms with van der Waals surface area (Å²) in [5.74, 6) is 0.